The van der Waals surface area contributed by atoms with Gasteiger partial charge in [-0.25, -0.2) is 0 Å². The fourth-order valence-electron chi connectivity index (χ4n) is 1.01. The molecule has 0 nitrogen and oxygen atoms in total. The van der Waals surface area contributed by atoms with Crippen molar-refractivity contribution in [2.24, 2.45) is 0 Å². The molecule has 0 radical (unpaired) electrons. The summed E-state index contributed by atoms with van der Waals surface area (Å²) >= 11 is 5.83. The van der Waals surface area contributed by atoms with Crippen molar-refractivity contribution in [1.82, 2.24) is 0 Å². The van der Waals surface area contributed by atoms with Gasteiger partial charge in [-0.15, -0.1) is 11.6 Å². The number of benzene rings is 1. The Morgan fingerprint density at radius 1 is 1.27 bits per heavy atom. The van der Waals surface area contributed by atoms with E-state index in [-0.39, 0.29) is 5.38 Å². The third kappa shape index (κ3) is 3.43. The molecule has 0 N–H and O–H groups in total. The Balaban J connectivity index is 2.39. The maximum Gasteiger partial charge on any atom is 0.0311 e. The average molecular weight is 169 g/mol. The van der Waals surface area contributed by atoms with Crippen molar-refractivity contribution < 1.29 is 0 Å². The zero-order valence-corrected chi connectivity index (χ0v) is 7.51. The highest BCUT2D eigenvalue weighted by molar-refractivity contribution is 6.20. The van der Waals surface area contributed by atoms with Gasteiger partial charge in [-0.1, -0.05) is 30.3 Å². The third-order valence-electron chi connectivity index (χ3n) is 1.67. The molecule has 0 heterocycles. The Hall–Kier alpha value is -0.490. The van der Waals surface area contributed by atoms with Gasteiger partial charge in [-0.3, -0.25) is 0 Å². The van der Waals surface area contributed by atoms with E-state index in [1.807, 2.05) is 13.0 Å². The van der Waals surface area contributed by atoms with Gasteiger partial charge in [-0.2, -0.15) is 0 Å². The molecular weight excluding hydrogens is 156 g/mol. The van der Waals surface area contributed by atoms with Gasteiger partial charge < -0.3 is 0 Å². The molecule has 1 rings (SSSR count). The van der Waals surface area contributed by atoms with Crippen LogP contribution in [0.25, 0.3) is 0 Å². The summed E-state index contributed by atoms with van der Waals surface area (Å²) in [6, 6.07) is 10.4. The predicted octanol–water partition coefficient (Wildman–Crippen LogP) is 3.25. The maximum absolute atomic E-state index is 5.83. The van der Waals surface area contributed by atoms with Gasteiger partial charge in [0, 0.05) is 5.38 Å². The van der Waals surface area contributed by atoms with Crippen molar-refractivity contribution in [2.75, 3.05) is 0 Å². The monoisotopic (exact) mass is 168 g/mol. The number of halogens is 1. The van der Waals surface area contributed by atoms with Crippen molar-refractivity contribution in [1.29, 1.82) is 0 Å². The Morgan fingerprint density at radius 2 is 1.91 bits per heavy atom. The molecule has 0 fully saturated rings. The van der Waals surface area contributed by atoms with Gasteiger partial charge in [0.05, 0.1) is 0 Å². The molecule has 1 unspecified atom stereocenters. The quantitative estimate of drug-likeness (QED) is 0.608. The van der Waals surface area contributed by atoms with E-state index in [9.17, 15) is 0 Å². The summed E-state index contributed by atoms with van der Waals surface area (Å²) in [6.45, 7) is 2.03. The van der Waals surface area contributed by atoms with Crippen LogP contribution in [0, 0.1) is 0 Å². The van der Waals surface area contributed by atoms with Crippen molar-refractivity contribution in [3.63, 3.8) is 0 Å². The minimum atomic E-state index is 0.287. The zero-order chi connectivity index (χ0) is 8.10. The van der Waals surface area contributed by atoms with Gasteiger partial charge in [0.1, 0.15) is 0 Å². The van der Waals surface area contributed by atoms with E-state index in [0.29, 0.717) is 0 Å². The van der Waals surface area contributed by atoms with Crippen molar-refractivity contribution in [2.45, 2.75) is 25.1 Å². The van der Waals surface area contributed by atoms with E-state index in [1.165, 1.54) is 5.56 Å². The van der Waals surface area contributed by atoms with Crippen LogP contribution in [0.3, 0.4) is 0 Å². The van der Waals surface area contributed by atoms with E-state index < -0.39 is 0 Å². The Morgan fingerprint density at radius 3 is 2.45 bits per heavy atom. The first kappa shape index (κ1) is 8.61. The van der Waals surface area contributed by atoms with Crippen LogP contribution in [0.1, 0.15) is 18.9 Å². The topological polar surface area (TPSA) is 0 Å². The van der Waals surface area contributed by atoms with Crippen LogP contribution >= 0.6 is 11.6 Å². The molecule has 60 valence electrons. The van der Waals surface area contributed by atoms with E-state index in [4.69, 9.17) is 11.6 Å². The molecule has 0 bridgehead atoms. The van der Waals surface area contributed by atoms with Crippen molar-refractivity contribution in [3.8, 4) is 0 Å². The number of rotatable bonds is 3. The number of hydrogen-bond donors (Lipinski definition) is 0. The summed E-state index contributed by atoms with van der Waals surface area (Å²) in [6.07, 6.45) is 2.15. The highest BCUT2D eigenvalue weighted by atomic mass is 35.5. The second kappa shape index (κ2) is 4.40. The fraction of sp³-hybridized carbons (Fsp3) is 0.400. The van der Waals surface area contributed by atoms with Crippen LogP contribution in [-0.2, 0) is 6.42 Å². The Kier molecular flexibility index (Phi) is 3.44. The molecular formula is C10H13Cl. The molecule has 11 heavy (non-hydrogen) atoms. The lowest BCUT2D eigenvalue weighted by Gasteiger charge is -2.01. The summed E-state index contributed by atoms with van der Waals surface area (Å²) in [7, 11) is 0. The summed E-state index contributed by atoms with van der Waals surface area (Å²) in [5.74, 6) is 0. The third-order valence-corrected chi connectivity index (χ3v) is 1.89. The molecule has 0 aliphatic heterocycles. The number of aryl methyl sites for hydroxylation is 1. The number of alkyl halides is 1. The lowest BCUT2D eigenvalue weighted by atomic mass is 10.1. The lowest BCUT2D eigenvalue weighted by molar-refractivity contribution is 0.803. The minimum absolute atomic E-state index is 0.287. The molecule has 0 saturated carbocycles. The normalized spacial score (nSPS) is 12.9. The smallest absolute Gasteiger partial charge is 0.0311 e. The molecule has 0 aliphatic carbocycles. The molecule has 0 aromatic heterocycles. The van der Waals surface area contributed by atoms with Crippen molar-refractivity contribution >= 4 is 11.6 Å². The Labute approximate surface area is 73.2 Å². The SMILES string of the molecule is CC(Cl)CCc1ccccc1. The van der Waals surface area contributed by atoms with Crippen LogP contribution < -0.4 is 0 Å². The van der Waals surface area contributed by atoms with E-state index in [2.05, 4.69) is 24.3 Å². The summed E-state index contributed by atoms with van der Waals surface area (Å²) < 4.78 is 0. The summed E-state index contributed by atoms with van der Waals surface area (Å²) in [4.78, 5) is 0. The van der Waals surface area contributed by atoms with Gasteiger partial charge in [-0.05, 0) is 25.3 Å². The predicted molar refractivity (Wildman–Crippen MR) is 50.1 cm³/mol. The molecule has 0 spiro atoms. The number of hydrogen-bond acceptors (Lipinski definition) is 0. The Bertz CT molecular complexity index is 191. The molecule has 1 aromatic carbocycles. The zero-order valence-electron chi connectivity index (χ0n) is 6.76. The second-order valence-electron chi connectivity index (χ2n) is 2.81. The molecule has 1 atom stereocenters. The van der Waals surface area contributed by atoms with E-state index in [0.717, 1.165) is 12.8 Å². The first-order valence-corrected chi connectivity index (χ1v) is 4.40. The molecule has 0 amide bonds. The van der Waals surface area contributed by atoms with Crippen LogP contribution in [-0.4, -0.2) is 5.38 Å². The van der Waals surface area contributed by atoms with Crippen LogP contribution in [0.15, 0.2) is 30.3 Å². The van der Waals surface area contributed by atoms with Crippen LogP contribution in [0.4, 0.5) is 0 Å². The minimum Gasteiger partial charge on any atom is -0.123 e. The lowest BCUT2D eigenvalue weighted by Crippen LogP contribution is -1.93. The average Bonchev–Trinajstić information content (AvgIpc) is 2.03. The van der Waals surface area contributed by atoms with E-state index >= 15 is 0 Å². The first-order chi connectivity index (χ1) is 5.29. The van der Waals surface area contributed by atoms with Gasteiger partial charge in [0.25, 0.3) is 0 Å². The van der Waals surface area contributed by atoms with Gasteiger partial charge in [0.15, 0.2) is 0 Å². The maximum atomic E-state index is 5.83. The van der Waals surface area contributed by atoms with Gasteiger partial charge in [0.2, 0.25) is 0 Å². The van der Waals surface area contributed by atoms with E-state index in [1.54, 1.807) is 0 Å². The van der Waals surface area contributed by atoms with Gasteiger partial charge >= 0.3 is 0 Å². The first-order valence-electron chi connectivity index (χ1n) is 3.97. The molecule has 1 heteroatoms. The molecule has 0 saturated heterocycles. The highest BCUT2D eigenvalue weighted by Gasteiger charge is 1.96. The molecule has 0 aliphatic rings. The molecule has 1 aromatic rings. The van der Waals surface area contributed by atoms with Crippen LogP contribution in [0.2, 0.25) is 0 Å². The standard InChI is InChI=1S/C10H13Cl/c1-9(11)7-8-10-5-3-2-4-6-10/h2-6,9H,7-8H2,1H3. The highest BCUT2D eigenvalue weighted by Crippen LogP contribution is 2.07. The summed E-state index contributed by atoms with van der Waals surface area (Å²) in [5.41, 5.74) is 1.38. The summed E-state index contributed by atoms with van der Waals surface area (Å²) in [5, 5.41) is 0.287. The van der Waals surface area contributed by atoms with Crippen molar-refractivity contribution in [3.05, 3.63) is 35.9 Å². The fourth-order valence-corrected chi connectivity index (χ4v) is 1.12. The van der Waals surface area contributed by atoms with Crippen LogP contribution in [0.5, 0.6) is 0 Å². The second-order valence-corrected chi connectivity index (χ2v) is 3.55. The largest absolute Gasteiger partial charge is 0.123 e.